The molecule has 1 N–H and O–H groups in total. The number of hydrogen-bond acceptors (Lipinski definition) is 4. The summed E-state index contributed by atoms with van der Waals surface area (Å²) in [6.07, 6.45) is 1.21. The molecule has 1 heterocycles. The molecular formula is C17H29N3O. The van der Waals surface area contributed by atoms with E-state index >= 15 is 0 Å². The van der Waals surface area contributed by atoms with Gasteiger partial charge in [-0.1, -0.05) is 19.9 Å². The van der Waals surface area contributed by atoms with Crippen molar-refractivity contribution in [3.05, 3.63) is 24.3 Å². The quantitative estimate of drug-likeness (QED) is 0.833. The number of benzene rings is 1. The van der Waals surface area contributed by atoms with Gasteiger partial charge in [0.2, 0.25) is 0 Å². The summed E-state index contributed by atoms with van der Waals surface area (Å²) in [6, 6.07) is 9.04. The van der Waals surface area contributed by atoms with Crippen molar-refractivity contribution in [2.24, 2.45) is 0 Å². The van der Waals surface area contributed by atoms with Gasteiger partial charge in [0.05, 0.1) is 7.11 Å². The van der Waals surface area contributed by atoms with Crippen LogP contribution in [0.15, 0.2) is 24.3 Å². The minimum atomic E-state index is 0.664. The minimum absolute atomic E-state index is 0.664. The van der Waals surface area contributed by atoms with E-state index in [1.165, 1.54) is 12.1 Å². The Kier molecular flexibility index (Phi) is 6.33. The molecule has 21 heavy (non-hydrogen) atoms. The molecule has 0 aliphatic carbocycles. The normalized spacial score (nSPS) is 17.8. The Morgan fingerprint density at radius 2 is 1.95 bits per heavy atom. The molecule has 1 saturated heterocycles. The third-order valence-corrected chi connectivity index (χ3v) is 4.35. The summed E-state index contributed by atoms with van der Waals surface area (Å²) in [5, 5.41) is 3.48. The van der Waals surface area contributed by atoms with E-state index in [2.05, 4.69) is 47.2 Å². The van der Waals surface area contributed by atoms with Gasteiger partial charge in [-0.25, -0.2) is 0 Å². The predicted octanol–water partition coefficient (Wildman–Crippen LogP) is 2.21. The monoisotopic (exact) mass is 291 g/mol. The zero-order valence-electron chi connectivity index (χ0n) is 13.6. The van der Waals surface area contributed by atoms with E-state index in [-0.39, 0.29) is 0 Å². The molecule has 1 fully saturated rings. The third kappa shape index (κ3) is 4.35. The van der Waals surface area contributed by atoms with Crippen LogP contribution < -0.4 is 15.0 Å². The molecule has 2 rings (SSSR count). The first-order chi connectivity index (χ1) is 10.3. The lowest BCUT2D eigenvalue weighted by Gasteiger charge is -2.40. The van der Waals surface area contributed by atoms with Crippen LogP contribution >= 0.6 is 0 Å². The van der Waals surface area contributed by atoms with Crippen LogP contribution in [-0.4, -0.2) is 57.3 Å². The third-order valence-electron chi connectivity index (χ3n) is 4.35. The maximum atomic E-state index is 5.32. The van der Waals surface area contributed by atoms with Crippen LogP contribution in [-0.2, 0) is 0 Å². The van der Waals surface area contributed by atoms with Crippen LogP contribution in [0.2, 0.25) is 0 Å². The lowest BCUT2D eigenvalue weighted by atomic mass is 10.1. The SMILES string of the molecule is CCNCC(CC)N1CCN(c2cccc(OC)c2)CC1. The Bertz CT molecular complexity index is 416. The standard InChI is InChI=1S/C17H29N3O/c1-4-15(14-18-5-2)19-9-11-20(12-10-19)16-7-6-8-17(13-16)21-3/h6-8,13,15,18H,4-5,9-12,14H2,1-3H3. The zero-order valence-corrected chi connectivity index (χ0v) is 13.6. The summed E-state index contributed by atoms with van der Waals surface area (Å²) >= 11 is 0. The Labute approximate surface area is 129 Å². The van der Waals surface area contributed by atoms with Gasteiger partial charge < -0.3 is 15.0 Å². The molecule has 1 aliphatic heterocycles. The largest absolute Gasteiger partial charge is 0.497 e. The number of nitrogens with zero attached hydrogens (tertiary/aromatic N) is 2. The summed E-state index contributed by atoms with van der Waals surface area (Å²) in [5.74, 6) is 0.938. The molecular weight excluding hydrogens is 262 g/mol. The second-order valence-electron chi connectivity index (χ2n) is 5.59. The highest BCUT2D eigenvalue weighted by atomic mass is 16.5. The second-order valence-corrected chi connectivity index (χ2v) is 5.59. The molecule has 0 bridgehead atoms. The van der Waals surface area contributed by atoms with Crippen molar-refractivity contribution in [3.63, 3.8) is 0 Å². The number of nitrogens with one attached hydrogen (secondary N) is 1. The van der Waals surface area contributed by atoms with Crippen molar-refractivity contribution in [1.82, 2.24) is 10.2 Å². The summed E-state index contributed by atoms with van der Waals surface area (Å²) in [4.78, 5) is 5.08. The van der Waals surface area contributed by atoms with Gasteiger partial charge in [-0.05, 0) is 25.1 Å². The van der Waals surface area contributed by atoms with Gasteiger partial charge in [-0.15, -0.1) is 0 Å². The van der Waals surface area contributed by atoms with Crippen LogP contribution in [0, 0.1) is 0 Å². The van der Waals surface area contributed by atoms with Gasteiger partial charge in [0.1, 0.15) is 5.75 Å². The first kappa shape index (κ1) is 16.1. The van der Waals surface area contributed by atoms with Gasteiger partial charge in [0.15, 0.2) is 0 Å². The minimum Gasteiger partial charge on any atom is -0.497 e. The van der Waals surface area contributed by atoms with E-state index in [0.717, 1.165) is 45.0 Å². The van der Waals surface area contributed by atoms with Crippen molar-refractivity contribution in [2.75, 3.05) is 51.3 Å². The molecule has 0 radical (unpaired) electrons. The van der Waals surface area contributed by atoms with Crippen LogP contribution in [0.4, 0.5) is 5.69 Å². The molecule has 1 unspecified atom stereocenters. The van der Waals surface area contributed by atoms with Crippen LogP contribution in [0.1, 0.15) is 20.3 Å². The van der Waals surface area contributed by atoms with Crippen molar-refractivity contribution in [1.29, 1.82) is 0 Å². The van der Waals surface area contributed by atoms with E-state index in [9.17, 15) is 0 Å². The molecule has 0 aromatic heterocycles. The molecule has 1 atom stereocenters. The highest BCUT2D eigenvalue weighted by Crippen LogP contribution is 2.22. The van der Waals surface area contributed by atoms with E-state index in [1.807, 2.05) is 6.07 Å². The van der Waals surface area contributed by atoms with E-state index in [4.69, 9.17) is 4.74 Å². The molecule has 0 amide bonds. The lowest BCUT2D eigenvalue weighted by molar-refractivity contribution is 0.177. The first-order valence-electron chi connectivity index (χ1n) is 8.12. The summed E-state index contributed by atoms with van der Waals surface area (Å²) in [7, 11) is 1.73. The fraction of sp³-hybridized carbons (Fsp3) is 0.647. The summed E-state index contributed by atoms with van der Waals surface area (Å²) in [5.41, 5.74) is 1.27. The van der Waals surface area contributed by atoms with Gasteiger partial charge in [0, 0.05) is 50.5 Å². The van der Waals surface area contributed by atoms with Crippen molar-refractivity contribution >= 4 is 5.69 Å². The van der Waals surface area contributed by atoms with E-state index in [0.29, 0.717) is 6.04 Å². The Balaban J connectivity index is 1.89. The number of anilines is 1. The number of methoxy groups -OCH3 is 1. The van der Waals surface area contributed by atoms with Gasteiger partial charge >= 0.3 is 0 Å². The molecule has 0 saturated carbocycles. The molecule has 4 heteroatoms. The van der Waals surface area contributed by atoms with Gasteiger partial charge in [0.25, 0.3) is 0 Å². The zero-order chi connectivity index (χ0) is 15.1. The molecule has 4 nitrogen and oxygen atoms in total. The molecule has 1 aromatic rings. The van der Waals surface area contributed by atoms with Gasteiger partial charge in [-0.2, -0.15) is 0 Å². The molecule has 0 spiro atoms. The smallest absolute Gasteiger partial charge is 0.120 e. The molecule has 1 aromatic carbocycles. The van der Waals surface area contributed by atoms with Crippen LogP contribution in [0.5, 0.6) is 5.75 Å². The number of rotatable bonds is 7. The fourth-order valence-corrected chi connectivity index (χ4v) is 3.00. The summed E-state index contributed by atoms with van der Waals surface area (Å²) in [6.45, 7) is 11.1. The summed E-state index contributed by atoms with van der Waals surface area (Å²) < 4.78 is 5.32. The number of likely N-dealkylation sites (N-methyl/N-ethyl adjacent to an activating group) is 1. The number of piperazine rings is 1. The maximum Gasteiger partial charge on any atom is 0.120 e. The van der Waals surface area contributed by atoms with E-state index in [1.54, 1.807) is 7.11 Å². The average Bonchev–Trinajstić information content (AvgIpc) is 2.56. The fourth-order valence-electron chi connectivity index (χ4n) is 3.00. The average molecular weight is 291 g/mol. The Morgan fingerprint density at radius 1 is 1.19 bits per heavy atom. The number of ether oxygens (including phenoxy) is 1. The molecule has 118 valence electrons. The molecule has 1 aliphatic rings. The lowest BCUT2D eigenvalue weighted by Crippen LogP contribution is -2.52. The highest BCUT2D eigenvalue weighted by molar-refractivity contribution is 5.51. The van der Waals surface area contributed by atoms with Crippen molar-refractivity contribution in [2.45, 2.75) is 26.3 Å². The Morgan fingerprint density at radius 3 is 2.57 bits per heavy atom. The second kappa shape index (κ2) is 8.25. The highest BCUT2D eigenvalue weighted by Gasteiger charge is 2.22. The first-order valence-corrected chi connectivity index (χ1v) is 8.12. The van der Waals surface area contributed by atoms with E-state index < -0.39 is 0 Å². The van der Waals surface area contributed by atoms with Crippen LogP contribution in [0.25, 0.3) is 0 Å². The van der Waals surface area contributed by atoms with Crippen LogP contribution in [0.3, 0.4) is 0 Å². The Hall–Kier alpha value is -1.26. The van der Waals surface area contributed by atoms with Gasteiger partial charge in [-0.3, -0.25) is 4.90 Å². The van der Waals surface area contributed by atoms with Crippen molar-refractivity contribution < 1.29 is 4.74 Å². The number of hydrogen-bond donors (Lipinski definition) is 1. The topological polar surface area (TPSA) is 27.7 Å². The predicted molar refractivity (Wildman–Crippen MR) is 89.4 cm³/mol. The maximum absolute atomic E-state index is 5.32. The van der Waals surface area contributed by atoms with Crippen molar-refractivity contribution in [3.8, 4) is 5.75 Å².